The number of phenols is 1. The molecule has 0 spiro atoms. The fourth-order valence-electron chi connectivity index (χ4n) is 0.902. The van der Waals surface area contributed by atoms with E-state index >= 15 is 0 Å². The van der Waals surface area contributed by atoms with Crippen LogP contribution < -0.4 is 4.74 Å². The van der Waals surface area contributed by atoms with Crippen molar-refractivity contribution in [1.82, 2.24) is 0 Å². The van der Waals surface area contributed by atoms with Gasteiger partial charge in [0.1, 0.15) is 0 Å². The molecule has 1 aromatic carbocycles. The van der Waals surface area contributed by atoms with E-state index in [-0.39, 0.29) is 18.1 Å². The molecule has 0 amide bonds. The average molecular weight is 182 g/mol. The number of aromatic hydroxyl groups is 1. The number of hydrogen-bond donors (Lipinski definition) is 2. The Hall–Kier alpha value is -1.55. The second kappa shape index (κ2) is 3.91. The van der Waals surface area contributed by atoms with Gasteiger partial charge in [0.05, 0.1) is 6.61 Å². The average Bonchev–Trinajstić information content (AvgIpc) is 2.08. The summed E-state index contributed by atoms with van der Waals surface area (Å²) in [6, 6.07) is 4.35. The maximum Gasteiger partial charge on any atom is 0.308 e. The molecule has 0 radical (unpaired) electrons. The molecule has 0 bridgehead atoms. The van der Waals surface area contributed by atoms with Gasteiger partial charge in [-0.1, -0.05) is 6.07 Å². The van der Waals surface area contributed by atoms with Gasteiger partial charge in [-0.05, 0) is 17.7 Å². The Morgan fingerprint density at radius 3 is 2.69 bits per heavy atom. The predicted octanol–water partition coefficient (Wildman–Crippen LogP) is 0.810. The van der Waals surface area contributed by atoms with E-state index < -0.39 is 5.97 Å². The Balaban J connectivity index is 2.91. The highest BCUT2D eigenvalue weighted by Crippen LogP contribution is 2.26. The molecule has 0 aliphatic carbocycles. The van der Waals surface area contributed by atoms with Crippen molar-refractivity contribution in [2.75, 3.05) is 0 Å². The Kier molecular flexibility index (Phi) is 2.87. The molecule has 0 aromatic heterocycles. The number of phenolic OH excluding ortho intramolecular Hbond substituents is 1. The zero-order chi connectivity index (χ0) is 9.84. The summed E-state index contributed by atoms with van der Waals surface area (Å²) in [5.41, 5.74) is 0.563. The third-order valence-electron chi connectivity index (χ3n) is 1.46. The first-order chi connectivity index (χ1) is 6.13. The first-order valence-corrected chi connectivity index (χ1v) is 3.74. The Bertz CT molecular complexity index is 319. The fourth-order valence-corrected chi connectivity index (χ4v) is 0.902. The van der Waals surface area contributed by atoms with Crippen molar-refractivity contribution >= 4 is 5.97 Å². The number of carbonyl (C=O) groups excluding carboxylic acids is 1. The summed E-state index contributed by atoms with van der Waals surface area (Å²) in [7, 11) is 0. The van der Waals surface area contributed by atoms with Crippen molar-refractivity contribution in [3.63, 3.8) is 0 Å². The minimum atomic E-state index is -0.493. The molecule has 0 unspecified atom stereocenters. The fraction of sp³-hybridized carbons (Fsp3) is 0.222. The molecule has 4 heteroatoms. The van der Waals surface area contributed by atoms with Crippen LogP contribution in [0.25, 0.3) is 0 Å². The molecule has 1 aromatic rings. The Labute approximate surface area is 75.4 Å². The SMILES string of the molecule is CC(=O)Oc1ccc(CO)cc1O. The summed E-state index contributed by atoms with van der Waals surface area (Å²) in [5, 5.41) is 18.0. The van der Waals surface area contributed by atoms with Gasteiger partial charge < -0.3 is 14.9 Å². The number of aliphatic hydroxyl groups excluding tert-OH is 1. The van der Waals surface area contributed by atoms with Gasteiger partial charge in [-0.15, -0.1) is 0 Å². The minimum absolute atomic E-state index is 0.102. The van der Waals surface area contributed by atoms with Crippen LogP contribution in [0.15, 0.2) is 18.2 Å². The van der Waals surface area contributed by atoms with E-state index in [1.54, 1.807) is 6.07 Å². The van der Waals surface area contributed by atoms with Crippen molar-refractivity contribution in [3.05, 3.63) is 23.8 Å². The van der Waals surface area contributed by atoms with E-state index in [1.165, 1.54) is 19.1 Å². The number of esters is 1. The predicted molar refractivity (Wildman–Crippen MR) is 45.3 cm³/mol. The van der Waals surface area contributed by atoms with Gasteiger partial charge in [-0.2, -0.15) is 0 Å². The van der Waals surface area contributed by atoms with E-state index in [4.69, 9.17) is 5.11 Å². The molecule has 13 heavy (non-hydrogen) atoms. The van der Waals surface area contributed by atoms with Crippen LogP contribution in [0, 0.1) is 0 Å². The number of hydrogen-bond acceptors (Lipinski definition) is 4. The van der Waals surface area contributed by atoms with Crippen molar-refractivity contribution in [1.29, 1.82) is 0 Å². The molecular formula is C9H10O4. The van der Waals surface area contributed by atoms with Crippen molar-refractivity contribution in [2.24, 2.45) is 0 Å². The van der Waals surface area contributed by atoms with Crippen LogP contribution in [-0.2, 0) is 11.4 Å². The van der Waals surface area contributed by atoms with Gasteiger partial charge in [0.15, 0.2) is 11.5 Å². The van der Waals surface area contributed by atoms with Gasteiger partial charge in [-0.25, -0.2) is 0 Å². The minimum Gasteiger partial charge on any atom is -0.504 e. The van der Waals surface area contributed by atoms with Crippen LogP contribution in [0.3, 0.4) is 0 Å². The number of aliphatic hydroxyl groups is 1. The lowest BCUT2D eigenvalue weighted by Crippen LogP contribution is -2.01. The Morgan fingerprint density at radius 2 is 2.23 bits per heavy atom. The summed E-state index contributed by atoms with van der Waals surface area (Å²) < 4.78 is 4.67. The zero-order valence-electron chi connectivity index (χ0n) is 7.15. The lowest BCUT2D eigenvalue weighted by molar-refractivity contribution is -0.132. The monoisotopic (exact) mass is 182 g/mol. The van der Waals surface area contributed by atoms with E-state index in [0.717, 1.165) is 0 Å². The Morgan fingerprint density at radius 1 is 1.54 bits per heavy atom. The second-order valence-corrected chi connectivity index (χ2v) is 2.55. The third kappa shape index (κ3) is 2.45. The van der Waals surface area contributed by atoms with E-state index in [0.29, 0.717) is 5.56 Å². The highest BCUT2D eigenvalue weighted by molar-refractivity contribution is 5.70. The molecular weight excluding hydrogens is 172 g/mol. The van der Waals surface area contributed by atoms with E-state index in [2.05, 4.69) is 4.74 Å². The van der Waals surface area contributed by atoms with Gasteiger partial charge in [0.2, 0.25) is 0 Å². The lowest BCUT2D eigenvalue weighted by atomic mass is 10.2. The van der Waals surface area contributed by atoms with Gasteiger partial charge >= 0.3 is 5.97 Å². The summed E-state index contributed by atoms with van der Waals surface area (Å²) in [6.45, 7) is 1.09. The number of rotatable bonds is 2. The molecule has 1 rings (SSSR count). The molecule has 0 atom stereocenters. The molecule has 4 nitrogen and oxygen atoms in total. The smallest absolute Gasteiger partial charge is 0.308 e. The number of carbonyl (C=O) groups is 1. The lowest BCUT2D eigenvalue weighted by Gasteiger charge is -2.04. The molecule has 0 heterocycles. The molecule has 0 aliphatic rings. The van der Waals surface area contributed by atoms with Crippen molar-refractivity contribution in [3.8, 4) is 11.5 Å². The molecule has 0 aliphatic heterocycles. The standard InChI is InChI=1S/C9H10O4/c1-6(11)13-9-3-2-7(5-10)4-8(9)12/h2-4,10,12H,5H2,1H3. The highest BCUT2D eigenvalue weighted by Gasteiger charge is 2.05. The van der Waals surface area contributed by atoms with E-state index in [1.807, 2.05) is 0 Å². The van der Waals surface area contributed by atoms with Gasteiger partial charge in [-0.3, -0.25) is 4.79 Å². The topological polar surface area (TPSA) is 66.8 Å². The maximum absolute atomic E-state index is 10.5. The van der Waals surface area contributed by atoms with E-state index in [9.17, 15) is 9.90 Å². The highest BCUT2D eigenvalue weighted by atomic mass is 16.5. The van der Waals surface area contributed by atoms with Gasteiger partial charge in [0, 0.05) is 6.92 Å². The summed E-state index contributed by atoms with van der Waals surface area (Å²) >= 11 is 0. The quantitative estimate of drug-likeness (QED) is 0.524. The maximum atomic E-state index is 10.5. The summed E-state index contributed by atoms with van der Waals surface area (Å²) in [4.78, 5) is 10.5. The van der Waals surface area contributed by atoms with Crippen molar-refractivity contribution in [2.45, 2.75) is 13.5 Å². The molecule has 70 valence electrons. The van der Waals surface area contributed by atoms with Crippen LogP contribution in [0.4, 0.5) is 0 Å². The molecule has 0 fully saturated rings. The van der Waals surface area contributed by atoms with Crippen LogP contribution in [0.2, 0.25) is 0 Å². The normalized spacial score (nSPS) is 9.69. The number of ether oxygens (including phenoxy) is 1. The molecule has 0 saturated carbocycles. The van der Waals surface area contributed by atoms with Crippen LogP contribution in [-0.4, -0.2) is 16.2 Å². The molecule has 0 saturated heterocycles. The second-order valence-electron chi connectivity index (χ2n) is 2.55. The summed E-state index contributed by atoms with van der Waals surface area (Å²) in [5.74, 6) is -0.543. The first kappa shape index (κ1) is 9.54. The van der Waals surface area contributed by atoms with Crippen LogP contribution >= 0.6 is 0 Å². The van der Waals surface area contributed by atoms with Crippen LogP contribution in [0.1, 0.15) is 12.5 Å². The molecule has 2 N–H and O–H groups in total. The van der Waals surface area contributed by atoms with Gasteiger partial charge in [0.25, 0.3) is 0 Å². The zero-order valence-corrected chi connectivity index (χ0v) is 7.15. The first-order valence-electron chi connectivity index (χ1n) is 3.74. The van der Waals surface area contributed by atoms with Crippen LogP contribution in [0.5, 0.6) is 11.5 Å². The van der Waals surface area contributed by atoms with Crippen molar-refractivity contribution < 1.29 is 19.7 Å². The number of benzene rings is 1. The summed E-state index contributed by atoms with van der Waals surface area (Å²) in [6.07, 6.45) is 0. The largest absolute Gasteiger partial charge is 0.504 e. The third-order valence-corrected chi connectivity index (χ3v) is 1.46.